The van der Waals surface area contributed by atoms with Crippen LogP contribution in [0.3, 0.4) is 0 Å². The van der Waals surface area contributed by atoms with Gasteiger partial charge in [-0.1, -0.05) is 18.2 Å². The zero-order chi connectivity index (χ0) is 11.7. The minimum atomic E-state index is -0.374. The molecule has 0 aliphatic carbocycles. The predicted octanol–water partition coefficient (Wildman–Crippen LogP) is 1.75. The van der Waals surface area contributed by atoms with Gasteiger partial charge in [-0.25, -0.2) is 4.79 Å². The molecule has 0 saturated carbocycles. The fourth-order valence-corrected chi connectivity index (χ4v) is 2.20. The van der Waals surface area contributed by atoms with E-state index in [9.17, 15) is 4.79 Å². The summed E-state index contributed by atoms with van der Waals surface area (Å²) in [5, 5.41) is 0. The van der Waals surface area contributed by atoms with Gasteiger partial charge < -0.3 is 14.2 Å². The second-order valence-corrected chi connectivity index (χ2v) is 4.35. The van der Waals surface area contributed by atoms with E-state index in [-0.39, 0.29) is 24.5 Å². The molecule has 3 atom stereocenters. The molecular formula is C13H14O4. The van der Waals surface area contributed by atoms with Crippen LogP contribution in [0.25, 0.3) is 0 Å². The SMILES string of the molecule is O=C(O[C@H]1CC[C@H]2CO[C@@H]1O2)c1ccccc1. The summed E-state index contributed by atoms with van der Waals surface area (Å²) in [7, 11) is 0. The van der Waals surface area contributed by atoms with Gasteiger partial charge in [0.1, 0.15) is 0 Å². The number of ether oxygens (including phenoxy) is 3. The summed E-state index contributed by atoms with van der Waals surface area (Å²) in [6, 6.07) is 8.98. The van der Waals surface area contributed by atoms with Gasteiger partial charge in [0.25, 0.3) is 0 Å². The second-order valence-electron chi connectivity index (χ2n) is 4.35. The Morgan fingerprint density at radius 3 is 2.88 bits per heavy atom. The quantitative estimate of drug-likeness (QED) is 0.731. The first-order valence-electron chi connectivity index (χ1n) is 5.86. The van der Waals surface area contributed by atoms with Crippen LogP contribution in [0, 0.1) is 0 Å². The van der Waals surface area contributed by atoms with E-state index in [4.69, 9.17) is 14.2 Å². The number of carbonyl (C=O) groups excluding carboxylic acids is 1. The standard InChI is InChI=1S/C13H14O4/c14-12(9-4-2-1-3-5-9)17-11-7-6-10-8-15-13(11)16-10/h1-5,10-11,13H,6-8H2/t10-,11-,13+/m0/s1. The van der Waals surface area contributed by atoms with E-state index in [1.165, 1.54) is 0 Å². The molecule has 1 aromatic carbocycles. The third kappa shape index (κ3) is 2.18. The fraction of sp³-hybridized carbons (Fsp3) is 0.462. The first kappa shape index (κ1) is 10.7. The topological polar surface area (TPSA) is 44.8 Å². The molecule has 0 amide bonds. The van der Waals surface area contributed by atoms with Crippen molar-refractivity contribution in [3.8, 4) is 0 Å². The van der Waals surface area contributed by atoms with E-state index in [0.29, 0.717) is 12.2 Å². The second kappa shape index (κ2) is 4.47. The maximum absolute atomic E-state index is 11.9. The van der Waals surface area contributed by atoms with Crippen molar-refractivity contribution in [2.45, 2.75) is 31.3 Å². The predicted molar refractivity (Wildman–Crippen MR) is 59.5 cm³/mol. The van der Waals surface area contributed by atoms with E-state index in [1.54, 1.807) is 12.1 Å². The zero-order valence-corrected chi connectivity index (χ0v) is 9.37. The molecule has 4 nitrogen and oxygen atoms in total. The van der Waals surface area contributed by atoms with Crippen molar-refractivity contribution in [2.24, 2.45) is 0 Å². The third-order valence-electron chi connectivity index (χ3n) is 3.12. The van der Waals surface area contributed by atoms with Crippen molar-refractivity contribution >= 4 is 5.97 Å². The lowest BCUT2D eigenvalue weighted by molar-refractivity contribution is -0.155. The van der Waals surface area contributed by atoms with Crippen LogP contribution in [0.2, 0.25) is 0 Å². The normalized spacial score (nSPS) is 31.2. The highest BCUT2D eigenvalue weighted by molar-refractivity contribution is 5.89. The lowest BCUT2D eigenvalue weighted by Gasteiger charge is -2.26. The Kier molecular flexibility index (Phi) is 2.82. The number of hydrogen-bond donors (Lipinski definition) is 0. The van der Waals surface area contributed by atoms with Gasteiger partial charge in [0.15, 0.2) is 12.4 Å². The van der Waals surface area contributed by atoms with Gasteiger partial charge in [-0.05, 0) is 25.0 Å². The maximum Gasteiger partial charge on any atom is 0.338 e. The largest absolute Gasteiger partial charge is 0.453 e. The van der Waals surface area contributed by atoms with E-state index in [2.05, 4.69) is 0 Å². The van der Waals surface area contributed by atoms with Gasteiger partial charge in [-0.2, -0.15) is 0 Å². The lowest BCUT2D eigenvalue weighted by Crippen LogP contribution is -2.36. The lowest BCUT2D eigenvalue weighted by atomic mass is 10.1. The first-order valence-corrected chi connectivity index (χ1v) is 5.86. The van der Waals surface area contributed by atoms with Crippen LogP contribution in [-0.4, -0.2) is 31.1 Å². The van der Waals surface area contributed by atoms with Gasteiger partial charge in [0.05, 0.1) is 18.3 Å². The molecular weight excluding hydrogens is 220 g/mol. The molecule has 1 aromatic rings. The van der Waals surface area contributed by atoms with E-state index in [1.807, 2.05) is 18.2 Å². The molecule has 2 bridgehead atoms. The molecule has 2 saturated heterocycles. The van der Waals surface area contributed by atoms with Gasteiger partial charge in [0, 0.05) is 0 Å². The number of fused-ring (bicyclic) bond motifs is 2. The van der Waals surface area contributed by atoms with E-state index in [0.717, 1.165) is 12.8 Å². The minimum absolute atomic E-state index is 0.187. The van der Waals surface area contributed by atoms with Crippen molar-refractivity contribution in [1.29, 1.82) is 0 Å². The molecule has 2 aliphatic rings. The summed E-state index contributed by atoms with van der Waals surface area (Å²) in [6.45, 7) is 0.615. The average molecular weight is 234 g/mol. The first-order chi connectivity index (χ1) is 8.33. The van der Waals surface area contributed by atoms with Crippen molar-refractivity contribution < 1.29 is 19.0 Å². The summed E-state index contributed by atoms with van der Waals surface area (Å²) >= 11 is 0. The van der Waals surface area contributed by atoms with E-state index >= 15 is 0 Å². The number of hydrogen-bond acceptors (Lipinski definition) is 4. The molecule has 4 heteroatoms. The van der Waals surface area contributed by atoms with Gasteiger partial charge in [-0.3, -0.25) is 0 Å². The van der Waals surface area contributed by atoms with Crippen LogP contribution in [0.4, 0.5) is 0 Å². The molecule has 0 aromatic heterocycles. The summed E-state index contributed by atoms with van der Waals surface area (Å²) in [5.74, 6) is -0.312. The molecule has 0 unspecified atom stereocenters. The van der Waals surface area contributed by atoms with Crippen LogP contribution in [0.5, 0.6) is 0 Å². The van der Waals surface area contributed by atoms with Gasteiger partial charge in [-0.15, -0.1) is 0 Å². The monoisotopic (exact) mass is 234 g/mol. The van der Waals surface area contributed by atoms with Crippen molar-refractivity contribution in [1.82, 2.24) is 0 Å². The average Bonchev–Trinajstić information content (AvgIpc) is 2.77. The number of rotatable bonds is 2. The summed E-state index contributed by atoms with van der Waals surface area (Å²) < 4.78 is 16.4. The molecule has 0 spiro atoms. The van der Waals surface area contributed by atoms with Gasteiger partial charge >= 0.3 is 5.97 Å². The Bertz CT molecular complexity index is 403. The van der Waals surface area contributed by atoms with Crippen molar-refractivity contribution in [3.63, 3.8) is 0 Å². The van der Waals surface area contributed by atoms with Crippen molar-refractivity contribution in [2.75, 3.05) is 6.61 Å². The Balaban J connectivity index is 1.65. The highest BCUT2D eigenvalue weighted by atomic mass is 16.7. The van der Waals surface area contributed by atoms with Gasteiger partial charge in [0.2, 0.25) is 0 Å². The molecule has 17 heavy (non-hydrogen) atoms. The number of esters is 1. The van der Waals surface area contributed by atoms with Crippen LogP contribution in [-0.2, 0) is 14.2 Å². The van der Waals surface area contributed by atoms with E-state index < -0.39 is 0 Å². The Labute approximate surface area is 99.5 Å². The molecule has 2 aliphatic heterocycles. The molecule has 90 valence electrons. The Hall–Kier alpha value is -1.39. The maximum atomic E-state index is 11.9. The molecule has 2 heterocycles. The minimum Gasteiger partial charge on any atom is -0.453 e. The molecule has 0 radical (unpaired) electrons. The number of benzene rings is 1. The third-order valence-corrected chi connectivity index (χ3v) is 3.12. The summed E-state index contributed by atoms with van der Waals surface area (Å²) in [5.41, 5.74) is 0.563. The molecule has 2 fully saturated rings. The number of carbonyl (C=O) groups is 1. The molecule has 0 N–H and O–H groups in total. The summed E-state index contributed by atoms with van der Waals surface area (Å²) in [4.78, 5) is 11.9. The smallest absolute Gasteiger partial charge is 0.338 e. The van der Waals surface area contributed by atoms with Crippen LogP contribution in [0.15, 0.2) is 30.3 Å². The van der Waals surface area contributed by atoms with Crippen LogP contribution < -0.4 is 0 Å². The Morgan fingerprint density at radius 2 is 2.06 bits per heavy atom. The highest BCUT2D eigenvalue weighted by Crippen LogP contribution is 2.29. The van der Waals surface area contributed by atoms with Crippen molar-refractivity contribution in [3.05, 3.63) is 35.9 Å². The van der Waals surface area contributed by atoms with Crippen LogP contribution in [0.1, 0.15) is 23.2 Å². The zero-order valence-electron chi connectivity index (χ0n) is 9.37. The Morgan fingerprint density at radius 1 is 1.24 bits per heavy atom. The molecule has 3 rings (SSSR count). The fourth-order valence-electron chi connectivity index (χ4n) is 2.20. The highest BCUT2D eigenvalue weighted by Gasteiger charge is 2.40. The summed E-state index contributed by atoms with van der Waals surface area (Å²) in [6.07, 6.45) is 1.24. The van der Waals surface area contributed by atoms with Crippen LogP contribution >= 0.6 is 0 Å².